The number of allylic oxidation sites excluding steroid dienone is 1. The van der Waals surface area contributed by atoms with Gasteiger partial charge in [0.05, 0.1) is 22.4 Å². The number of rotatable bonds is 7. The number of halogens is 2. The van der Waals surface area contributed by atoms with Crippen LogP contribution in [0.15, 0.2) is 76.2 Å². The summed E-state index contributed by atoms with van der Waals surface area (Å²) in [6.45, 7) is 7.62. The van der Waals surface area contributed by atoms with Crippen LogP contribution in [0.25, 0.3) is 6.08 Å². The molecule has 0 aliphatic carbocycles. The molecule has 0 N–H and O–H groups in total. The first-order valence-corrected chi connectivity index (χ1v) is 12.4. The van der Waals surface area contributed by atoms with Crippen molar-refractivity contribution in [1.82, 2.24) is 4.57 Å². The average molecular weight is 529 g/mol. The molecule has 2 aromatic carbocycles. The Morgan fingerprint density at radius 3 is 2.74 bits per heavy atom. The van der Waals surface area contributed by atoms with E-state index >= 15 is 0 Å². The largest absolute Gasteiger partial charge is 0.489 e. The lowest BCUT2D eigenvalue weighted by molar-refractivity contribution is -0.139. The molecule has 1 aliphatic heterocycles. The maximum atomic E-state index is 13.7. The molecule has 35 heavy (non-hydrogen) atoms. The number of nitrogens with zero attached hydrogens (tertiary/aromatic N) is 2. The van der Waals surface area contributed by atoms with Crippen LogP contribution < -0.4 is 19.6 Å². The van der Waals surface area contributed by atoms with Crippen LogP contribution in [0.5, 0.6) is 5.75 Å². The van der Waals surface area contributed by atoms with Crippen LogP contribution in [-0.4, -0.2) is 23.8 Å². The number of carbonyl (C=O) groups excluding carboxylic acids is 1. The van der Waals surface area contributed by atoms with Crippen LogP contribution >= 0.6 is 34.5 Å². The van der Waals surface area contributed by atoms with Gasteiger partial charge in [0.15, 0.2) is 4.80 Å². The second-order valence-electron chi connectivity index (χ2n) is 7.61. The minimum atomic E-state index is -0.781. The number of hydrogen-bond donors (Lipinski definition) is 0. The van der Waals surface area contributed by atoms with E-state index < -0.39 is 12.0 Å². The number of carbonyl (C=O) groups is 1. The predicted octanol–water partition coefficient (Wildman–Crippen LogP) is 4.67. The summed E-state index contributed by atoms with van der Waals surface area (Å²) < 4.78 is 12.9. The van der Waals surface area contributed by atoms with Crippen molar-refractivity contribution >= 4 is 46.6 Å². The summed E-state index contributed by atoms with van der Waals surface area (Å²) in [4.78, 5) is 31.7. The lowest BCUT2D eigenvalue weighted by atomic mass is 9.96. The number of thiazole rings is 1. The summed E-state index contributed by atoms with van der Waals surface area (Å²) in [7, 11) is 0. The smallest absolute Gasteiger partial charge is 0.338 e. The Morgan fingerprint density at radius 1 is 1.26 bits per heavy atom. The van der Waals surface area contributed by atoms with Gasteiger partial charge >= 0.3 is 5.97 Å². The van der Waals surface area contributed by atoms with E-state index in [1.165, 1.54) is 15.9 Å². The Morgan fingerprint density at radius 2 is 2.03 bits per heavy atom. The van der Waals surface area contributed by atoms with Crippen molar-refractivity contribution in [3.05, 3.63) is 107 Å². The second-order valence-corrected chi connectivity index (χ2v) is 9.46. The summed E-state index contributed by atoms with van der Waals surface area (Å²) in [6, 6.07) is 11.5. The van der Waals surface area contributed by atoms with Crippen LogP contribution in [0.4, 0.5) is 0 Å². The van der Waals surface area contributed by atoms with Crippen molar-refractivity contribution in [3.8, 4) is 5.75 Å². The van der Waals surface area contributed by atoms with Crippen molar-refractivity contribution in [2.24, 2.45) is 4.99 Å². The summed E-state index contributed by atoms with van der Waals surface area (Å²) in [6.07, 6.45) is 3.34. The monoisotopic (exact) mass is 528 g/mol. The molecule has 4 rings (SSSR count). The number of aromatic nitrogens is 1. The molecule has 1 aromatic heterocycles. The Bertz CT molecular complexity index is 1520. The molecule has 2 heterocycles. The van der Waals surface area contributed by atoms with E-state index in [1.54, 1.807) is 62.4 Å². The predicted molar refractivity (Wildman–Crippen MR) is 139 cm³/mol. The van der Waals surface area contributed by atoms with Gasteiger partial charge < -0.3 is 9.47 Å². The molecule has 1 aliphatic rings. The number of fused-ring (bicyclic) bond motifs is 1. The maximum Gasteiger partial charge on any atom is 0.338 e. The van der Waals surface area contributed by atoms with Crippen LogP contribution in [0.2, 0.25) is 10.0 Å². The zero-order valence-corrected chi connectivity index (χ0v) is 21.4. The van der Waals surface area contributed by atoms with Gasteiger partial charge in [0.2, 0.25) is 0 Å². The minimum Gasteiger partial charge on any atom is -0.489 e. The highest BCUT2D eigenvalue weighted by Crippen LogP contribution is 2.34. The van der Waals surface area contributed by atoms with Gasteiger partial charge in [-0.3, -0.25) is 9.36 Å². The Kier molecular flexibility index (Phi) is 7.60. The van der Waals surface area contributed by atoms with E-state index in [1.807, 2.05) is 6.07 Å². The van der Waals surface area contributed by atoms with Crippen molar-refractivity contribution in [2.45, 2.75) is 19.9 Å². The van der Waals surface area contributed by atoms with Crippen LogP contribution in [0, 0.1) is 0 Å². The summed E-state index contributed by atoms with van der Waals surface area (Å²) in [5, 5.41) is 0.933. The highest BCUT2D eigenvalue weighted by Gasteiger charge is 2.34. The van der Waals surface area contributed by atoms with E-state index in [0.29, 0.717) is 48.6 Å². The summed E-state index contributed by atoms with van der Waals surface area (Å²) in [5.74, 6) is 0.0223. The van der Waals surface area contributed by atoms with Crippen molar-refractivity contribution in [1.29, 1.82) is 0 Å². The zero-order valence-electron chi connectivity index (χ0n) is 19.1. The number of hydrogen-bond acceptors (Lipinski definition) is 6. The van der Waals surface area contributed by atoms with Crippen molar-refractivity contribution < 1.29 is 14.3 Å². The van der Waals surface area contributed by atoms with E-state index in [-0.39, 0.29) is 17.7 Å². The van der Waals surface area contributed by atoms with Crippen LogP contribution in [0.3, 0.4) is 0 Å². The molecule has 180 valence electrons. The fraction of sp³-hybridized carbons (Fsp3) is 0.192. The van der Waals surface area contributed by atoms with Crippen LogP contribution in [0.1, 0.15) is 31.0 Å². The molecule has 0 saturated carbocycles. The Balaban J connectivity index is 1.96. The summed E-state index contributed by atoms with van der Waals surface area (Å²) >= 11 is 14.0. The van der Waals surface area contributed by atoms with E-state index in [0.717, 1.165) is 0 Å². The molecule has 3 aromatic rings. The molecular weight excluding hydrogens is 507 g/mol. The van der Waals surface area contributed by atoms with E-state index in [2.05, 4.69) is 11.6 Å². The van der Waals surface area contributed by atoms with Gasteiger partial charge in [-0.1, -0.05) is 65.4 Å². The highest BCUT2D eigenvalue weighted by molar-refractivity contribution is 7.07. The SMILES string of the molecule is C=CCOc1ccc(Cl)cc1/C=c1\sc2n(c1=O)[C@H](c1ccccc1Cl)C(C(=O)OCC)=C(C)N=2. The van der Waals surface area contributed by atoms with Crippen molar-refractivity contribution in [2.75, 3.05) is 13.2 Å². The first-order chi connectivity index (χ1) is 16.8. The molecule has 0 fully saturated rings. The van der Waals surface area contributed by atoms with Gasteiger partial charge in [-0.05, 0) is 49.8 Å². The molecule has 1 atom stereocenters. The number of benzene rings is 2. The molecule has 0 saturated heterocycles. The fourth-order valence-corrected chi connectivity index (χ4v) is 5.29. The highest BCUT2D eigenvalue weighted by atomic mass is 35.5. The molecule has 0 radical (unpaired) electrons. The summed E-state index contributed by atoms with van der Waals surface area (Å²) in [5.41, 5.74) is 1.68. The normalized spacial score (nSPS) is 15.4. The standard InChI is InChI=1S/C26H22Cl2N2O4S/c1-4-12-34-20-11-10-17(27)13-16(20)14-21-24(31)30-23(18-8-6-7-9-19(18)28)22(25(32)33-5-2)15(3)29-26(30)35-21/h4,6-11,13-14,23H,1,5,12H2,2-3H3/b21-14-/t23-/m1/s1. The Hall–Kier alpha value is -3.13. The van der Waals surface area contributed by atoms with E-state index in [4.69, 9.17) is 32.7 Å². The topological polar surface area (TPSA) is 69.9 Å². The molecule has 0 unspecified atom stereocenters. The number of esters is 1. The van der Waals surface area contributed by atoms with Crippen molar-refractivity contribution in [3.63, 3.8) is 0 Å². The number of ether oxygens (including phenoxy) is 2. The molecule has 0 bridgehead atoms. The van der Waals surface area contributed by atoms with Gasteiger partial charge in [0, 0.05) is 15.6 Å². The molecule has 0 amide bonds. The maximum absolute atomic E-state index is 13.7. The van der Waals surface area contributed by atoms with Gasteiger partial charge in [0.25, 0.3) is 5.56 Å². The third-order valence-corrected chi connectivity index (χ3v) is 6.89. The molecule has 6 nitrogen and oxygen atoms in total. The minimum absolute atomic E-state index is 0.192. The zero-order chi connectivity index (χ0) is 25.1. The Labute approximate surface area is 216 Å². The third-order valence-electron chi connectivity index (χ3n) is 5.33. The lowest BCUT2D eigenvalue weighted by Crippen LogP contribution is -2.40. The second kappa shape index (κ2) is 10.6. The van der Waals surface area contributed by atoms with Gasteiger partial charge in [0.1, 0.15) is 18.4 Å². The van der Waals surface area contributed by atoms with E-state index in [9.17, 15) is 9.59 Å². The first kappa shape index (κ1) is 25.0. The van der Waals surface area contributed by atoms with Gasteiger partial charge in [-0.15, -0.1) is 0 Å². The van der Waals surface area contributed by atoms with Gasteiger partial charge in [-0.25, -0.2) is 9.79 Å². The average Bonchev–Trinajstić information content (AvgIpc) is 3.12. The lowest BCUT2D eigenvalue weighted by Gasteiger charge is -2.25. The molecule has 9 heteroatoms. The third kappa shape index (κ3) is 4.98. The first-order valence-electron chi connectivity index (χ1n) is 10.8. The molecular formula is C26H22Cl2N2O4S. The fourth-order valence-electron chi connectivity index (χ4n) is 3.84. The van der Waals surface area contributed by atoms with Gasteiger partial charge in [-0.2, -0.15) is 0 Å². The quantitative estimate of drug-likeness (QED) is 0.330. The molecule has 0 spiro atoms. The van der Waals surface area contributed by atoms with Crippen LogP contribution in [-0.2, 0) is 9.53 Å².